The summed E-state index contributed by atoms with van der Waals surface area (Å²) in [6, 6.07) is 15.7. The zero-order valence-corrected chi connectivity index (χ0v) is 17.6. The van der Waals surface area contributed by atoms with Crippen molar-refractivity contribution in [3.8, 4) is 5.75 Å². The van der Waals surface area contributed by atoms with Crippen molar-refractivity contribution < 1.29 is 14.3 Å². The first-order valence-corrected chi connectivity index (χ1v) is 10.1. The summed E-state index contributed by atoms with van der Waals surface area (Å²) in [5, 5.41) is 6.67. The van der Waals surface area contributed by atoms with Gasteiger partial charge >= 0.3 is 5.97 Å². The van der Waals surface area contributed by atoms with Crippen LogP contribution in [0.5, 0.6) is 5.75 Å². The van der Waals surface area contributed by atoms with Gasteiger partial charge in [-0.3, -0.25) is 0 Å². The van der Waals surface area contributed by atoms with Gasteiger partial charge in [-0.1, -0.05) is 23.9 Å². The lowest BCUT2D eigenvalue weighted by Gasteiger charge is -2.29. The zero-order chi connectivity index (χ0) is 20.1. The Hall–Kier alpha value is -2.51. The lowest BCUT2D eigenvalue weighted by atomic mass is 9.96. The lowest BCUT2D eigenvalue weighted by molar-refractivity contribution is -0.139. The van der Waals surface area contributed by atoms with Gasteiger partial charge in [-0.2, -0.15) is 0 Å². The molecule has 1 atom stereocenters. The molecule has 7 heteroatoms. The van der Waals surface area contributed by atoms with Crippen LogP contribution in [-0.2, 0) is 9.53 Å². The van der Waals surface area contributed by atoms with Crippen molar-refractivity contribution in [3.05, 3.63) is 65.4 Å². The summed E-state index contributed by atoms with van der Waals surface area (Å²) in [6.45, 7) is 3.95. The second-order valence-electron chi connectivity index (χ2n) is 6.14. The minimum atomic E-state index is -0.343. The molecule has 2 aromatic carbocycles. The molecule has 0 fully saturated rings. The van der Waals surface area contributed by atoms with Crippen molar-refractivity contribution in [2.24, 2.45) is 0 Å². The number of thiocarbonyl (C=S) groups is 1. The summed E-state index contributed by atoms with van der Waals surface area (Å²) >= 11 is 6.93. The lowest BCUT2D eigenvalue weighted by Crippen LogP contribution is -2.45. The van der Waals surface area contributed by atoms with Crippen molar-refractivity contribution in [1.82, 2.24) is 10.6 Å². The van der Waals surface area contributed by atoms with E-state index in [1.165, 1.54) is 0 Å². The van der Waals surface area contributed by atoms with Crippen LogP contribution in [0, 0.1) is 0 Å². The molecule has 1 heterocycles. The Morgan fingerprint density at radius 3 is 2.29 bits per heavy atom. The average molecular weight is 415 g/mol. The van der Waals surface area contributed by atoms with Crippen LogP contribution in [0.2, 0.25) is 0 Å². The predicted octanol–water partition coefficient (Wildman–Crippen LogP) is 4.20. The molecule has 5 nitrogen and oxygen atoms in total. The van der Waals surface area contributed by atoms with Gasteiger partial charge in [0.15, 0.2) is 5.11 Å². The van der Waals surface area contributed by atoms with Crippen molar-refractivity contribution in [1.29, 1.82) is 0 Å². The summed E-state index contributed by atoms with van der Waals surface area (Å²) in [6.07, 6.45) is 0. The predicted molar refractivity (Wildman–Crippen MR) is 115 cm³/mol. The molecule has 2 N–H and O–H groups in total. The molecule has 0 spiro atoms. The molecule has 1 aliphatic heterocycles. The zero-order valence-electron chi connectivity index (χ0n) is 15.9. The van der Waals surface area contributed by atoms with Gasteiger partial charge in [-0.25, -0.2) is 4.79 Å². The van der Waals surface area contributed by atoms with E-state index in [0.717, 1.165) is 21.1 Å². The Morgan fingerprint density at radius 2 is 1.71 bits per heavy atom. The van der Waals surface area contributed by atoms with Crippen LogP contribution in [-0.4, -0.2) is 24.8 Å². The maximum absolute atomic E-state index is 12.4. The van der Waals surface area contributed by atoms with Gasteiger partial charge in [0.1, 0.15) is 5.75 Å². The molecule has 0 amide bonds. The first-order valence-electron chi connectivity index (χ1n) is 8.89. The highest BCUT2D eigenvalue weighted by atomic mass is 32.2. The SMILES string of the molecule is CCOC(=O)C1=C(C)NC(=S)NC1c1ccc(Sc2ccc(OC)cc2)cc1. The third-order valence-electron chi connectivity index (χ3n) is 4.27. The first kappa shape index (κ1) is 20.2. The molecule has 0 bridgehead atoms. The Morgan fingerprint density at radius 1 is 1.11 bits per heavy atom. The number of hydrogen-bond donors (Lipinski definition) is 2. The molecular weight excluding hydrogens is 392 g/mol. The number of hydrogen-bond acceptors (Lipinski definition) is 5. The van der Waals surface area contributed by atoms with E-state index < -0.39 is 0 Å². The summed E-state index contributed by atoms with van der Waals surface area (Å²) in [7, 11) is 1.65. The third kappa shape index (κ3) is 4.66. The molecule has 3 rings (SSSR count). The van der Waals surface area contributed by atoms with E-state index in [0.29, 0.717) is 23.0 Å². The number of methoxy groups -OCH3 is 1. The summed E-state index contributed by atoms with van der Waals surface area (Å²) in [4.78, 5) is 14.7. The highest BCUT2D eigenvalue weighted by Crippen LogP contribution is 2.32. The number of benzene rings is 2. The molecule has 1 unspecified atom stereocenters. The monoisotopic (exact) mass is 414 g/mol. The highest BCUT2D eigenvalue weighted by molar-refractivity contribution is 7.99. The topological polar surface area (TPSA) is 59.6 Å². The van der Waals surface area contributed by atoms with Gasteiger partial charge < -0.3 is 20.1 Å². The van der Waals surface area contributed by atoms with E-state index in [2.05, 4.69) is 10.6 Å². The summed E-state index contributed by atoms with van der Waals surface area (Å²) in [5.74, 6) is 0.491. The first-order chi connectivity index (χ1) is 13.5. The number of nitrogens with one attached hydrogen (secondary N) is 2. The quantitative estimate of drug-likeness (QED) is 0.543. The molecule has 1 aliphatic rings. The number of rotatable bonds is 6. The number of allylic oxidation sites excluding steroid dienone is 1. The molecule has 0 radical (unpaired) electrons. The van der Waals surface area contributed by atoms with Gasteiger partial charge in [0, 0.05) is 15.5 Å². The number of carbonyl (C=O) groups is 1. The average Bonchev–Trinajstić information content (AvgIpc) is 2.68. The number of carbonyl (C=O) groups excluding carboxylic acids is 1. The Bertz CT molecular complexity index is 893. The minimum Gasteiger partial charge on any atom is -0.497 e. The van der Waals surface area contributed by atoms with E-state index in [4.69, 9.17) is 21.7 Å². The molecule has 28 heavy (non-hydrogen) atoms. The molecular formula is C21H22N2O3S2. The van der Waals surface area contributed by atoms with Gasteiger partial charge in [-0.15, -0.1) is 0 Å². The van der Waals surface area contributed by atoms with Crippen molar-refractivity contribution in [2.75, 3.05) is 13.7 Å². The fourth-order valence-electron chi connectivity index (χ4n) is 2.93. The normalized spacial score (nSPS) is 16.2. The largest absolute Gasteiger partial charge is 0.497 e. The standard InChI is InChI=1S/C21H22N2O3S2/c1-4-26-20(24)18-13(2)22-21(27)23-19(18)14-5-9-16(10-6-14)28-17-11-7-15(25-3)8-12-17/h5-12,19H,4H2,1-3H3,(H2,22,23,27). The molecule has 2 aromatic rings. The van der Waals surface area contributed by atoms with Crippen LogP contribution >= 0.6 is 24.0 Å². The van der Waals surface area contributed by atoms with Gasteiger partial charge in [0.05, 0.1) is 25.3 Å². The molecule has 0 aliphatic carbocycles. The second-order valence-corrected chi connectivity index (χ2v) is 7.69. The van der Waals surface area contributed by atoms with E-state index in [1.807, 2.05) is 55.5 Å². The minimum absolute atomic E-state index is 0.324. The summed E-state index contributed by atoms with van der Waals surface area (Å²) < 4.78 is 10.4. The van der Waals surface area contributed by atoms with Crippen molar-refractivity contribution in [3.63, 3.8) is 0 Å². The van der Waals surface area contributed by atoms with E-state index >= 15 is 0 Å². The Labute approximate surface area is 174 Å². The van der Waals surface area contributed by atoms with Crippen molar-refractivity contribution in [2.45, 2.75) is 29.7 Å². The Balaban J connectivity index is 1.81. The van der Waals surface area contributed by atoms with Gasteiger partial charge in [0.2, 0.25) is 0 Å². The van der Waals surface area contributed by atoms with Crippen LogP contribution < -0.4 is 15.4 Å². The van der Waals surface area contributed by atoms with Crippen LogP contribution in [0.4, 0.5) is 0 Å². The highest BCUT2D eigenvalue weighted by Gasteiger charge is 2.30. The fourth-order valence-corrected chi connectivity index (χ4v) is 4.02. The Kier molecular flexibility index (Phi) is 6.59. The van der Waals surface area contributed by atoms with Crippen LogP contribution in [0.15, 0.2) is 69.6 Å². The van der Waals surface area contributed by atoms with E-state index in [1.54, 1.807) is 25.8 Å². The third-order valence-corrected chi connectivity index (χ3v) is 5.51. The molecule has 0 saturated heterocycles. The maximum Gasteiger partial charge on any atom is 0.338 e. The van der Waals surface area contributed by atoms with Crippen LogP contribution in [0.3, 0.4) is 0 Å². The molecule has 0 aromatic heterocycles. The maximum atomic E-state index is 12.4. The molecule has 146 valence electrons. The fraction of sp³-hybridized carbons (Fsp3) is 0.238. The van der Waals surface area contributed by atoms with Gasteiger partial charge in [0.25, 0.3) is 0 Å². The van der Waals surface area contributed by atoms with Gasteiger partial charge in [-0.05, 0) is 68.0 Å². The van der Waals surface area contributed by atoms with E-state index in [9.17, 15) is 4.79 Å². The van der Waals surface area contributed by atoms with Crippen LogP contribution in [0.25, 0.3) is 0 Å². The smallest absolute Gasteiger partial charge is 0.338 e. The van der Waals surface area contributed by atoms with Crippen molar-refractivity contribution >= 4 is 35.1 Å². The number of ether oxygens (including phenoxy) is 2. The second kappa shape index (κ2) is 9.12. The molecule has 0 saturated carbocycles. The van der Waals surface area contributed by atoms with Crippen LogP contribution in [0.1, 0.15) is 25.5 Å². The summed E-state index contributed by atoms with van der Waals surface area (Å²) in [5.41, 5.74) is 2.21. The number of esters is 1. The van der Waals surface area contributed by atoms with E-state index in [-0.39, 0.29) is 12.0 Å².